The number of thioether (sulfide) groups is 1. The van der Waals surface area contributed by atoms with Crippen molar-refractivity contribution in [2.24, 2.45) is 7.05 Å². The summed E-state index contributed by atoms with van der Waals surface area (Å²) >= 11 is 3.04. The molecule has 2 aromatic heterocycles. The zero-order chi connectivity index (χ0) is 23.7. The number of aryl methyl sites for hydroxylation is 2. The van der Waals surface area contributed by atoms with E-state index in [1.165, 1.54) is 27.6 Å². The van der Waals surface area contributed by atoms with Crippen LogP contribution < -0.4 is 5.32 Å². The van der Waals surface area contributed by atoms with Crippen LogP contribution in [0.3, 0.4) is 0 Å². The van der Waals surface area contributed by atoms with Gasteiger partial charge in [0.15, 0.2) is 11.0 Å². The molecule has 2 heterocycles. The Morgan fingerprint density at radius 2 is 1.76 bits per heavy atom. The first-order chi connectivity index (χ1) is 16.5. The average Bonchev–Trinajstić information content (AvgIpc) is 3.41. The van der Waals surface area contributed by atoms with Gasteiger partial charge in [-0.05, 0) is 61.9 Å². The van der Waals surface area contributed by atoms with E-state index in [-0.39, 0.29) is 11.7 Å². The molecular formula is C26H23N5OS2. The zero-order valence-electron chi connectivity index (χ0n) is 19.1. The van der Waals surface area contributed by atoms with Gasteiger partial charge in [0.05, 0.1) is 16.0 Å². The van der Waals surface area contributed by atoms with E-state index in [2.05, 4.69) is 46.7 Å². The second-order valence-corrected chi connectivity index (χ2v) is 10.1. The fraction of sp³-hybridized carbons (Fsp3) is 0.154. The lowest BCUT2D eigenvalue weighted by Crippen LogP contribution is -2.14. The molecule has 5 aromatic rings. The van der Waals surface area contributed by atoms with Crippen LogP contribution in [-0.4, -0.2) is 31.4 Å². The van der Waals surface area contributed by atoms with Gasteiger partial charge in [-0.2, -0.15) is 0 Å². The van der Waals surface area contributed by atoms with E-state index in [0.29, 0.717) is 5.16 Å². The maximum absolute atomic E-state index is 12.5. The molecule has 0 spiro atoms. The van der Waals surface area contributed by atoms with E-state index in [1.807, 2.05) is 61.0 Å². The van der Waals surface area contributed by atoms with Crippen LogP contribution in [0, 0.1) is 13.8 Å². The van der Waals surface area contributed by atoms with Crippen molar-refractivity contribution in [1.82, 2.24) is 19.7 Å². The Hall–Kier alpha value is -3.49. The van der Waals surface area contributed by atoms with E-state index in [9.17, 15) is 4.79 Å². The third-order valence-corrected chi connectivity index (χ3v) is 7.49. The Kier molecular flexibility index (Phi) is 6.17. The van der Waals surface area contributed by atoms with Gasteiger partial charge in [-0.3, -0.25) is 4.79 Å². The summed E-state index contributed by atoms with van der Waals surface area (Å²) in [7, 11) is 1.92. The Bertz CT molecular complexity index is 1490. The first kappa shape index (κ1) is 22.3. The molecule has 0 saturated heterocycles. The van der Waals surface area contributed by atoms with Gasteiger partial charge in [-0.25, -0.2) is 4.98 Å². The van der Waals surface area contributed by atoms with Crippen LogP contribution in [0.1, 0.15) is 11.1 Å². The Morgan fingerprint density at radius 3 is 2.56 bits per heavy atom. The fourth-order valence-electron chi connectivity index (χ4n) is 3.65. The predicted octanol–water partition coefficient (Wildman–Crippen LogP) is 6.11. The minimum atomic E-state index is -0.0895. The van der Waals surface area contributed by atoms with Crippen LogP contribution in [0.15, 0.2) is 71.9 Å². The topological polar surface area (TPSA) is 72.7 Å². The van der Waals surface area contributed by atoms with Crippen molar-refractivity contribution in [1.29, 1.82) is 0 Å². The van der Waals surface area contributed by atoms with Crippen LogP contribution >= 0.6 is 23.1 Å². The maximum atomic E-state index is 12.5. The lowest BCUT2D eigenvalue weighted by molar-refractivity contribution is -0.113. The average molecular weight is 486 g/mol. The number of hydrogen-bond donors (Lipinski definition) is 1. The van der Waals surface area contributed by atoms with Crippen molar-refractivity contribution >= 4 is 44.9 Å². The summed E-state index contributed by atoms with van der Waals surface area (Å²) in [4.78, 5) is 17.3. The van der Waals surface area contributed by atoms with Crippen LogP contribution in [0.25, 0.3) is 32.2 Å². The molecule has 6 nitrogen and oxygen atoms in total. The summed E-state index contributed by atoms with van der Waals surface area (Å²) in [6.45, 7) is 4.13. The molecule has 0 aliphatic heterocycles. The van der Waals surface area contributed by atoms with Crippen LogP contribution in [0.5, 0.6) is 0 Å². The molecule has 0 aliphatic carbocycles. The number of benzene rings is 3. The van der Waals surface area contributed by atoms with Gasteiger partial charge >= 0.3 is 0 Å². The number of hydrogen-bond acceptors (Lipinski definition) is 6. The number of aromatic nitrogens is 4. The zero-order valence-corrected chi connectivity index (χ0v) is 20.7. The van der Waals surface area contributed by atoms with Gasteiger partial charge in [0.2, 0.25) is 5.91 Å². The lowest BCUT2D eigenvalue weighted by atomic mass is 10.1. The summed E-state index contributed by atoms with van der Waals surface area (Å²) in [5.41, 5.74) is 6.20. The van der Waals surface area contributed by atoms with E-state index >= 15 is 0 Å². The molecule has 0 aliphatic rings. The molecule has 0 radical (unpaired) electrons. The highest BCUT2D eigenvalue weighted by Gasteiger charge is 2.13. The maximum Gasteiger partial charge on any atom is 0.234 e. The number of carbonyl (C=O) groups is 1. The van der Waals surface area contributed by atoms with Crippen molar-refractivity contribution < 1.29 is 4.79 Å². The molecule has 5 rings (SSSR count). The van der Waals surface area contributed by atoms with Gasteiger partial charge in [-0.1, -0.05) is 41.6 Å². The summed E-state index contributed by atoms with van der Waals surface area (Å²) in [5, 5.41) is 13.2. The highest BCUT2D eigenvalue weighted by atomic mass is 32.2. The van der Waals surface area contributed by atoms with Crippen LogP contribution in [0.2, 0.25) is 0 Å². The normalized spacial score (nSPS) is 11.1. The molecule has 0 atom stereocenters. The second-order valence-electron chi connectivity index (χ2n) is 8.14. The number of anilines is 1. The number of amides is 1. The minimum Gasteiger partial charge on any atom is -0.325 e. The van der Waals surface area contributed by atoms with Gasteiger partial charge < -0.3 is 9.88 Å². The lowest BCUT2D eigenvalue weighted by Gasteiger charge is -2.06. The first-order valence-electron chi connectivity index (χ1n) is 10.8. The van der Waals surface area contributed by atoms with Crippen LogP contribution in [0.4, 0.5) is 5.69 Å². The summed E-state index contributed by atoms with van der Waals surface area (Å²) < 4.78 is 3.10. The third-order valence-electron chi connectivity index (χ3n) is 5.40. The molecule has 0 unspecified atom stereocenters. The number of fused-ring (bicyclic) bond motifs is 1. The molecular weight excluding hydrogens is 462 g/mol. The molecule has 1 N–H and O–H groups in total. The number of carbonyl (C=O) groups excluding carboxylic acids is 1. The molecule has 0 bridgehead atoms. The van der Waals surface area contributed by atoms with Crippen molar-refractivity contribution in [3.05, 3.63) is 77.9 Å². The molecule has 8 heteroatoms. The Balaban J connectivity index is 1.21. The van der Waals surface area contributed by atoms with Crippen molar-refractivity contribution in [2.45, 2.75) is 19.0 Å². The molecule has 1 amide bonds. The standard InChI is InChI=1S/C26H23N5OS2/c1-16-5-4-6-19(13-16)24-29-30-26(31(24)3)33-15-23(32)27-20-10-8-18(9-11-20)25-28-21-12-7-17(2)14-22(21)34-25/h4-14H,15H2,1-3H3,(H,27,32). The largest absolute Gasteiger partial charge is 0.325 e. The van der Waals surface area contributed by atoms with Crippen molar-refractivity contribution in [3.8, 4) is 22.0 Å². The first-order valence-corrected chi connectivity index (χ1v) is 12.6. The Morgan fingerprint density at radius 1 is 0.971 bits per heavy atom. The monoisotopic (exact) mass is 485 g/mol. The summed E-state index contributed by atoms with van der Waals surface area (Å²) in [6, 6.07) is 22.2. The quantitative estimate of drug-likeness (QED) is 0.294. The van der Waals surface area contributed by atoms with E-state index in [4.69, 9.17) is 4.98 Å². The highest BCUT2D eigenvalue weighted by Crippen LogP contribution is 2.31. The molecule has 0 fully saturated rings. The van der Waals surface area contributed by atoms with E-state index in [0.717, 1.165) is 33.2 Å². The SMILES string of the molecule is Cc1cccc(-c2nnc(SCC(=O)Nc3ccc(-c4nc5ccc(C)cc5s4)cc3)n2C)c1. The van der Waals surface area contributed by atoms with Gasteiger partial charge in [0, 0.05) is 23.9 Å². The molecule has 34 heavy (non-hydrogen) atoms. The van der Waals surface area contributed by atoms with Crippen LogP contribution in [-0.2, 0) is 11.8 Å². The van der Waals surface area contributed by atoms with E-state index in [1.54, 1.807) is 11.3 Å². The smallest absolute Gasteiger partial charge is 0.234 e. The van der Waals surface area contributed by atoms with Gasteiger partial charge in [-0.15, -0.1) is 21.5 Å². The molecule has 3 aromatic carbocycles. The van der Waals surface area contributed by atoms with Crippen molar-refractivity contribution in [2.75, 3.05) is 11.1 Å². The molecule has 170 valence electrons. The fourth-order valence-corrected chi connectivity index (χ4v) is 5.44. The minimum absolute atomic E-state index is 0.0895. The molecule has 0 saturated carbocycles. The second kappa shape index (κ2) is 9.40. The number of thiazole rings is 1. The predicted molar refractivity (Wildman–Crippen MR) is 140 cm³/mol. The van der Waals surface area contributed by atoms with Gasteiger partial charge in [0.1, 0.15) is 5.01 Å². The van der Waals surface area contributed by atoms with E-state index < -0.39 is 0 Å². The number of rotatable bonds is 6. The number of nitrogens with one attached hydrogen (secondary N) is 1. The summed E-state index contributed by atoms with van der Waals surface area (Å²) in [5.74, 6) is 0.944. The van der Waals surface area contributed by atoms with Crippen molar-refractivity contribution in [3.63, 3.8) is 0 Å². The third kappa shape index (κ3) is 4.73. The Labute approximate surface area is 206 Å². The highest BCUT2D eigenvalue weighted by molar-refractivity contribution is 7.99. The van der Waals surface area contributed by atoms with Gasteiger partial charge in [0.25, 0.3) is 0 Å². The summed E-state index contributed by atoms with van der Waals surface area (Å²) in [6.07, 6.45) is 0. The number of nitrogens with zero attached hydrogens (tertiary/aromatic N) is 4.